The molecule has 1 aliphatic rings. The number of ether oxygens (including phenoxy) is 1. The Labute approximate surface area is 178 Å². The maximum Gasteiger partial charge on any atom is 0.200 e. The van der Waals surface area contributed by atoms with Gasteiger partial charge in [0.15, 0.2) is 11.6 Å². The lowest BCUT2D eigenvalue weighted by atomic mass is 9.76. The van der Waals surface area contributed by atoms with E-state index in [4.69, 9.17) is 4.74 Å². The minimum atomic E-state index is -0.871. The molecule has 0 atom stereocenters. The van der Waals surface area contributed by atoms with Crippen molar-refractivity contribution in [3.8, 4) is 5.75 Å². The van der Waals surface area contributed by atoms with Crippen molar-refractivity contribution >= 4 is 0 Å². The largest absolute Gasteiger partial charge is 0.491 e. The Morgan fingerprint density at radius 3 is 2.27 bits per heavy atom. The number of rotatable bonds is 8. The average Bonchev–Trinajstić information content (AvgIpc) is 2.75. The van der Waals surface area contributed by atoms with Gasteiger partial charge in [-0.1, -0.05) is 36.4 Å². The molecule has 0 radical (unpaired) electrons. The molecule has 2 aromatic rings. The van der Waals surface area contributed by atoms with Gasteiger partial charge >= 0.3 is 0 Å². The number of hydrogen-bond donors (Lipinski definition) is 0. The van der Waals surface area contributed by atoms with Crippen LogP contribution < -0.4 is 4.74 Å². The topological polar surface area (TPSA) is 9.23 Å². The molecule has 0 N–H and O–H groups in total. The molecule has 0 spiro atoms. The van der Waals surface area contributed by atoms with E-state index in [-0.39, 0.29) is 17.5 Å². The molecule has 4 heteroatoms. The lowest BCUT2D eigenvalue weighted by Crippen LogP contribution is -2.14. The summed E-state index contributed by atoms with van der Waals surface area (Å²) >= 11 is 0. The van der Waals surface area contributed by atoms with Crippen LogP contribution in [0, 0.1) is 11.6 Å². The van der Waals surface area contributed by atoms with Gasteiger partial charge in [0.05, 0.1) is 12.4 Å². The average molecular weight is 417 g/mol. The molecule has 1 nitrogen and oxygen atoms in total. The molecule has 30 heavy (non-hydrogen) atoms. The second kappa shape index (κ2) is 10.7. The van der Waals surface area contributed by atoms with Gasteiger partial charge in [-0.15, -0.1) is 0 Å². The van der Waals surface area contributed by atoms with Gasteiger partial charge in [-0.05, 0) is 93.4 Å². The van der Waals surface area contributed by atoms with Gasteiger partial charge in [0.25, 0.3) is 0 Å². The van der Waals surface area contributed by atoms with E-state index in [0.717, 1.165) is 44.9 Å². The predicted octanol–water partition coefficient (Wildman–Crippen LogP) is 8.00. The fourth-order valence-corrected chi connectivity index (χ4v) is 4.43. The van der Waals surface area contributed by atoms with E-state index in [1.165, 1.54) is 18.1 Å². The molecule has 1 fully saturated rings. The van der Waals surface area contributed by atoms with Gasteiger partial charge in [0.2, 0.25) is 5.82 Å². The minimum Gasteiger partial charge on any atom is -0.491 e. The van der Waals surface area contributed by atoms with Gasteiger partial charge in [0.1, 0.15) is 0 Å². The maximum atomic E-state index is 14.5. The Morgan fingerprint density at radius 1 is 0.967 bits per heavy atom. The standard InChI is InChI=1S/C26H31F3O/c1-3-30-24-17-16-23(25(28)26(24)29)22-14-12-21(13-15-22)20-10-8-19(9-11-20)7-5-4-6-18(2)27/h6,8-11,16-17,21-22H,3-5,7,12-15H2,1-2H3. The van der Waals surface area contributed by atoms with Gasteiger partial charge < -0.3 is 4.74 Å². The van der Waals surface area contributed by atoms with E-state index < -0.39 is 11.6 Å². The van der Waals surface area contributed by atoms with Crippen LogP contribution in [-0.2, 0) is 6.42 Å². The van der Waals surface area contributed by atoms with E-state index >= 15 is 0 Å². The van der Waals surface area contributed by atoms with Crippen LogP contribution in [0.4, 0.5) is 13.2 Å². The number of halogens is 3. The molecular weight excluding hydrogens is 385 g/mol. The summed E-state index contributed by atoms with van der Waals surface area (Å²) in [4.78, 5) is 0. The smallest absolute Gasteiger partial charge is 0.200 e. The molecule has 2 aromatic carbocycles. The summed E-state index contributed by atoms with van der Waals surface area (Å²) in [5, 5.41) is 0. The van der Waals surface area contributed by atoms with Gasteiger partial charge in [0, 0.05) is 0 Å². The number of hydrogen-bond acceptors (Lipinski definition) is 1. The normalized spacial score (nSPS) is 19.7. The quantitative estimate of drug-likeness (QED) is 0.396. The highest BCUT2D eigenvalue weighted by atomic mass is 19.2. The van der Waals surface area contributed by atoms with Crippen molar-refractivity contribution in [2.24, 2.45) is 0 Å². The van der Waals surface area contributed by atoms with Crippen molar-refractivity contribution in [3.05, 3.63) is 76.6 Å². The summed E-state index contributed by atoms with van der Waals surface area (Å²) in [7, 11) is 0. The fraction of sp³-hybridized carbons (Fsp3) is 0.462. The summed E-state index contributed by atoms with van der Waals surface area (Å²) in [6.07, 6.45) is 7.92. The van der Waals surface area contributed by atoms with E-state index in [1.54, 1.807) is 25.1 Å². The molecule has 0 amide bonds. The zero-order valence-corrected chi connectivity index (χ0v) is 17.9. The minimum absolute atomic E-state index is 0.0108. The third-order valence-corrected chi connectivity index (χ3v) is 6.09. The molecule has 0 saturated heterocycles. The molecule has 1 aliphatic carbocycles. The van der Waals surface area contributed by atoms with Crippen molar-refractivity contribution in [2.75, 3.05) is 6.61 Å². The van der Waals surface area contributed by atoms with Crippen LogP contribution in [0.2, 0.25) is 0 Å². The maximum absolute atomic E-state index is 14.5. The Bertz CT molecular complexity index is 845. The van der Waals surface area contributed by atoms with E-state index in [2.05, 4.69) is 24.3 Å². The monoisotopic (exact) mass is 416 g/mol. The zero-order valence-electron chi connectivity index (χ0n) is 17.9. The Balaban J connectivity index is 1.55. The molecule has 0 heterocycles. The van der Waals surface area contributed by atoms with Gasteiger partial charge in [-0.25, -0.2) is 8.78 Å². The van der Waals surface area contributed by atoms with Crippen molar-refractivity contribution in [3.63, 3.8) is 0 Å². The molecule has 0 aromatic heterocycles. The van der Waals surface area contributed by atoms with E-state index in [0.29, 0.717) is 18.1 Å². The van der Waals surface area contributed by atoms with Crippen molar-refractivity contribution < 1.29 is 17.9 Å². The first kappa shape index (κ1) is 22.5. The predicted molar refractivity (Wildman–Crippen MR) is 116 cm³/mol. The highest BCUT2D eigenvalue weighted by molar-refractivity contribution is 5.34. The summed E-state index contributed by atoms with van der Waals surface area (Å²) in [6, 6.07) is 11.9. The van der Waals surface area contributed by atoms with Crippen LogP contribution in [-0.4, -0.2) is 6.61 Å². The zero-order chi connectivity index (χ0) is 21.5. The van der Waals surface area contributed by atoms with Crippen LogP contribution in [0.3, 0.4) is 0 Å². The van der Waals surface area contributed by atoms with Crippen molar-refractivity contribution in [1.29, 1.82) is 0 Å². The lowest BCUT2D eigenvalue weighted by molar-refractivity contribution is 0.310. The fourth-order valence-electron chi connectivity index (χ4n) is 4.43. The van der Waals surface area contributed by atoms with Crippen LogP contribution in [0.5, 0.6) is 5.75 Å². The Hall–Kier alpha value is -2.23. The lowest BCUT2D eigenvalue weighted by Gasteiger charge is -2.29. The number of unbranched alkanes of at least 4 members (excludes halogenated alkanes) is 1. The first-order valence-electron chi connectivity index (χ1n) is 11.0. The van der Waals surface area contributed by atoms with Crippen molar-refractivity contribution in [1.82, 2.24) is 0 Å². The van der Waals surface area contributed by atoms with Crippen LogP contribution >= 0.6 is 0 Å². The summed E-state index contributed by atoms with van der Waals surface area (Å²) in [5.41, 5.74) is 3.06. The van der Waals surface area contributed by atoms with E-state index in [1.807, 2.05) is 0 Å². The highest BCUT2D eigenvalue weighted by Crippen LogP contribution is 2.42. The van der Waals surface area contributed by atoms with Crippen molar-refractivity contribution in [2.45, 2.75) is 70.6 Å². The first-order valence-corrected chi connectivity index (χ1v) is 11.0. The highest BCUT2D eigenvalue weighted by Gasteiger charge is 2.27. The second-order valence-electron chi connectivity index (χ2n) is 8.19. The number of aryl methyl sites for hydroxylation is 1. The molecular formula is C26H31F3O. The summed E-state index contributed by atoms with van der Waals surface area (Å²) < 4.78 is 46.6. The Kier molecular flexibility index (Phi) is 8.01. The SMILES string of the molecule is CCOc1ccc(C2CCC(c3ccc(CCCC=C(C)F)cc3)CC2)c(F)c1F. The molecule has 0 unspecified atom stereocenters. The van der Waals surface area contributed by atoms with Crippen LogP contribution in [0.1, 0.15) is 80.9 Å². The van der Waals surface area contributed by atoms with Crippen LogP contribution in [0.25, 0.3) is 0 Å². The third-order valence-electron chi connectivity index (χ3n) is 6.09. The van der Waals surface area contributed by atoms with Crippen LogP contribution in [0.15, 0.2) is 48.3 Å². The summed E-state index contributed by atoms with van der Waals surface area (Å²) in [5.74, 6) is -1.24. The number of allylic oxidation sites excluding steroid dienone is 2. The first-order chi connectivity index (χ1) is 14.5. The summed E-state index contributed by atoms with van der Waals surface area (Å²) in [6.45, 7) is 3.54. The molecule has 0 aliphatic heterocycles. The second-order valence-corrected chi connectivity index (χ2v) is 8.19. The number of benzene rings is 2. The van der Waals surface area contributed by atoms with Gasteiger partial charge in [-0.3, -0.25) is 0 Å². The van der Waals surface area contributed by atoms with Gasteiger partial charge in [-0.2, -0.15) is 4.39 Å². The molecule has 1 saturated carbocycles. The molecule has 3 rings (SSSR count). The molecule has 162 valence electrons. The Morgan fingerprint density at radius 2 is 1.63 bits per heavy atom. The third kappa shape index (κ3) is 5.68. The van der Waals surface area contributed by atoms with E-state index in [9.17, 15) is 13.2 Å². The molecule has 0 bridgehead atoms.